The number of carbonyl (C=O) groups excluding carboxylic acids is 2. The van der Waals surface area contributed by atoms with E-state index in [1.54, 1.807) is 13.8 Å². The third-order valence-corrected chi connectivity index (χ3v) is 6.43. The molecular formula is C30H39N3O3. The SMILES string of the molecule is CN[C@@H](Cc1ccc2ccccc2c1)CN(C)[C@H](Cc1ccccc1)C(=O)NCC(C)(C)OC(C)=O. The molecule has 3 rings (SSSR count). The molecular weight excluding hydrogens is 450 g/mol. The summed E-state index contributed by atoms with van der Waals surface area (Å²) >= 11 is 0. The molecule has 2 N–H and O–H groups in total. The van der Waals surface area contributed by atoms with Crippen molar-refractivity contribution in [3.8, 4) is 0 Å². The average molecular weight is 490 g/mol. The number of esters is 1. The first kappa shape index (κ1) is 27.4. The van der Waals surface area contributed by atoms with Gasteiger partial charge < -0.3 is 15.4 Å². The Bertz CT molecular complexity index is 1150. The van der Waals surface area contributed by atoms with Crippen LogP contribution in [-0.2, 0) is 27.2 Å². The first-order chi connectivity index (χ1) is 17.2. The van der Waals surface area contributed by atoms with Crippen molar-refractivity contribution in [3.63, 3.8) is 0 Å². The van der Waals surface area contributed by atoms with Crippen LogP contribution in [0.3, 0.4) is 0 Å². The molecule has 6 heteroatoms. The summed E-state index contributed by atoms with van der Waals surface area (Å²) in [6.45, 7) is 5.91. The van der Waals surface area contributed by atoms with Crippen LogP contribution in [0.5, 0.6) is 0 Å². The van der Waals surface area contributed by atoms with Crippen molar-refractivity contribution in [1.82, 2.24) is 15.5 Å². The van der Waals surface area contributed by atoms with Crippen molar-refractivity contribution in [1.29, 1.82) is 0 Å². The van der Waals surface area contributed by atoms with Crippen LogP contribution >= 0.6 is 0 Å². The second-order valence-corrected chi connectivity index (χ2v) is 10.1. The highest BCUT2D eigenvalue weighted by Crippen LogP contribution is 2.18. The maximum atomic E-state index is 13.4. The number of hydrogen-bond acceptors (Lipinski definition) is 5. The summed E-state index contributed by atoms with van der Waals surface area (Å²) in [4.78, 5) is 26.9. The summed E-state index contributed by atoms with van der Waals surface area (Å²) in [6, 6.07) is 24.8. The van der Waals surface area contributed by atoms with Crippen molar-refractivity contribution in [2.24, 2.45) is 0 Å². The Kier molecular flexibility index (Phi) is 9.62. The fourth-order valence-corrected chi connectivity index (χ4v) is 4.51. The molecule has 0 heterocycles. The minimum atomic E-state index is -0.777. The predicted octanol–water partition coefficient (Wildman–Crippen LogP) is 3.97. The van der Waals surface area contributed by atoms with Gasteiger partial charge in [0.1, 0.15) is 5.60 Å². The van der Waals surface area contributed by atoms with E-state index >= 15 is 0 Å². The van der Waals surface area contributed by atoms with E-state index in [2.05, 4.69) is 58.0 Å². The van der Waals surface area contributed by atoms with Gasteiger partial charge in [-0.25, -0.2) is 0 Å². The van der Waals surface area contributed by atoms with Crippen LogP contribution in [0.2, 0.25) is 0 Å². The second-order valence-electron chi connectivity index (χ2n) is 10.1. The lowest BCUT2D eigenvalue weighted by Gasteiger charge is -2.32. The third kappa shape index (κ3) is 8.18. The molecule has 36 heavy (non-hydrogen) atoms. The maximum absolute atomic E-state index is 13.4. The number of rotatable bonds is 12. The molecule has 0 saturated carbocycles. The van der Waals surface area contributed by atoms with E-state index in [9.17, 15) is 9.59 Å². The molecule has 0 aliphatic heterocycles. The van der Waals surface area contributed by atoms with Gasteiger partial charge >= 0.3 is 5.97 Å². The highest BCUT2D eigenvalue weighted by molar-refractivity contribution is 5.83. The quantitative estimate of drug-likeness (QED) is 0.377. The number of carbonyl (C=O) groups is 2. The van der Waals surface area contributed by atoms with Crippen molar-refractivity contribution in [2.75, 3.05) is 27.2 Å². The number of nitrogens with one attached hydrogen (secondary N) is 2. The number of benzene rings is 3. The van der Waals surface area contributed by atoms with E-state index in [0.29, 0.717) is 13.0 Å². The molecule has 0 bridgehead atoms. The molecule has 0 spiro atoms. The van der Waals surface area contributed by atoms with Gasteiger partial charge in [-0.05, 0) is 62.7 Å². The van der Waals surface area contributed by atoms with Crippen molar-refractivity contribution < 1.29 is 14.3 Å². The maximum Gasteiger partial charge on any atom is 0.303 e. The number of amides is 1. The largest absolute Gasteiger partial charge is 0.458 e. The highest BCUT2D eigenvalue weighted by atomic mass is 16.6. The lowest BCUT2D eigenvalue weighted by molar-refractivity contribution is -0.154. The van der Waals surface area contributed by atoms with Crippen LogP contribution in [0.15, 0.2) is 72.8 Å². The zero-order chi connectivity index (χ0) is 26.1. The fourth-order valence-electron chi connectivity index (χ4n) is 4.51. The first-order valence-electron chi connectivity index (χ1n) is 12.5. The van der Waals surface area contributed by atoms with Gasteiger partial charge in [-0.1, -0.05) is 72.8 Å². The lowest BCUT2D eigenvalue weighted by atomic mass is 9.99. The van der Waals surface area contributed by atoms with Gasteiger partial charge in [0, 0.05) is 19.5 Å². The Morgan fingerprint density at radius 3 is 2.25 bits per heavy atom. The second kappa shape index (κ2) is 12.7. The van der Waals surface area contributed by atoms with E-state index in [-0.39, 0.29) is 30.5 Å². The van der Waals surface area contributed by atoms with Crippen LogP contribution < -0.4 is 10.6 Å². The van der Waals surface area contributed by atoms with Gasteiger partial charge in [0.05, 0.1) is 12.6 Å². The Labute approximate surface area is 215 Å². The Balaban J connectivity index is 1.71. The molecule has 6 nitrogen and oxygen atoms in total. The molecule has 0 aliphatic carbocycles. The van der Waals surface area contributed by atoms with Crippen LogP contribution in [0.1, 0.15) is 31.9 Å². The van der Waals surface area contributed by atoms with Gasteiger partial charge in [-0.15, -0.1) is 0 Å². The van der Waals surface area contributed by atoms with Crippen molar-refractivity contribution in [2.45, 2.75) is 51.3 Å². The molecule has 2 atom stereocenters. The fraction of sp³-hybridized carbons (Fsp3) is 0.400. The Morgan fingerprint density at radius 1 is 0.917 bits per heavy atom. The zero-order valence-electron chi connectivity index (χ0n) is 22.1. The normalized spacial score (nSPS) is 13.4. The summed E-state index contributed by atoms with van der Waals surface area (Å²) in [5.41, 5.74) is 1.58. The van der Waals surface area contributed by atoms with Crippen molar-refractivity contribution >= 4 is 22.6 Å². The van der Waals surface area contributed by atoms with E-state index in [1.807, 2.05) is 44.4 Å². The summed E-state index contributed by atoms with van der Waals surface area (Å²) in [5.74, 6) is -0.445. The van der Waals surface area contributed by atoms with Crippen LogP contribution in [0, 0.1) is 0 Å². The summed E-state index contributed by atoms with van der Waals surface area (Å²) < 4.78 is 5.35. The van der Waals surface area contributed by atoms with Crippen molar-refractivity contribution in [3.05, 3.63) is 83.9 Å². The minimum Gasteiger partial charge on any atom is -0.458 e. The minimum absolute atomic E-state index is 0.0814. The molecule has 192 valence electrons. The molecule has 0 unspecified atom stereocenters. The number of hydrogen-bond donors (Lipinski definition) is 2. The van der Waals surface area contributed by atoms with Gasteiger partial charge in [0.15, 0.2) is 0 Å². The summed E-state index contributed by atoms with van der Waals surface area (Å²) in [6.07, 6.45) is 1.44. The Hall–Kier alpha value is -3.22. The molecule has 1 amide bonds. The smallest absolute Gasteiger partial charge is 0.303 e. The Morgan fingerprint density at radius 2 is 1.58 bits per heavy atom. The third-order valence-electron chi connectivity index (χ3n) is 6.43. The highest BCUT2D eigenvalue weighted by Gasteiger charge is 2.28. The van der Waals surface area contributed by atoms with E-state index in [0.717, 1.165) is 12.0 Å². The molecule has 3 aromatic carbocycles. The summed E-state index contributed by atoms with van der Waals surface area (Å²) in [7, 11) is 3.96. The van der Waals surface area contributed by atoms with E-state index < -0.39 is 5.60 Å². The topological polar surface area (TPSA) is 70.7 Å². The van der Waals surface area contributed by atoms with Crippen LogP contribution in [0.4, 0.5) is 0 Å². The van der Waals surface area contributed by atoms with Crippen LogP contribution in [-0.4, -0.2) is 61.6 Å². The van der Waals surface area contributed by atoms with Gasteiger partial charge in [-0.3, -0.25) is 14.5 Å². The molecule has 3 aromatic rings. The number of ether oxygens (including phenoxy) is 1. The number of fused-ring (bicyclic) bond motifs is 1. The molecule has 0 saturated heterocycles. The van der Waals surface area contributed by atoms with Gasteiger partial charge in [-0.2, -0.15) is 0 Å². The average Bonchev–Trinajstić information content (AvgIpc) is 2.85. The van der Waals surface area contributed by atoms with Gasteiger partial charge in [0.25, 0.3) is 0 Å². The van der Waals surface area contributed by atoms with Crippen LogP contribution in [0.25, 0.3) is 10.8 Å². The van der Waals surface area contributed by atoms with E-state index in [4.69, 9.17) is 4.74 Å². The van der Waals surface area contributed by atoms with Gasteiger partial charge in [0.2, 0.25) is 5.91 Å². The molecule has 0 radical (unpaired) electrons. The lowest BCUT2D eigenvalue weighted by Crippen LogP contribution is -2.53. The monoisotopic (exact) mass is 489 g/mol. The predicted molar refractivity (Wildman–Crippen MR) is 146 cm³/mol. The zero-order valence-corrected chi connectivity index (χ0v) is 22.1. The standard InChI is InChI=1S/C30H39N3O3/c1-22(34)36-30(2,3)21-32-29(35)28(19-23-11-7-6-8-12-23)33(5)20-27(31-4)18-24-15-16-25-13-9-10-14-26(25)17-24/h6-17,27-28,31H,18-21H2,1-5H3,(H,32,35)/t27-,28+/m0/s1. The molecule has 0 aliphatic rings. The number of likely N-dealkylation sites (N-methyl/N-ethyl adjacent to an activating group) is 2. The molecule has 0 fully saturated rings. The summed E-state index contributed by atoms with van der Waals surface area (Å²) in [5, 5.41) is 8.91. The number of nitrogens with zero attached hydrogens (tertiary/aromatic N) is 1. The molecule has 0 aromatic heterocycles. The first-order valence-corrected chi connectivity index (χ1v) is 12.5. The van der Waals surface area contributed by atoms with E-state index in [1.165, 1.54) is 23.3 Å².